The summed E-state index contributed by atoms with van der Waals surface area (Å²) < 4.78 is 30.3. The Morgan fingerprint density at radius 1 is 1.17 bits per heavy atom. The van der Waals surface area contributed by atoms with Crippen molar-refractivity contribution in [2.75, 3.05) is 67.6 Å². The summed E-state index contributed by atoms with van der Waals surface area (Å²) in [5.41, 5.74) is 1.07. The van der Waals surface area contributed by atoms with Crippen LogP contribution in [0.5, 0.6) is 0 Å². The number of rotatable bonds is 6. The quantitative estimate of drug-likeness (QED) is 0.762. The maximum Gasteiger partial charge on any atom is 0.414 e. The van der Waals surface area contributed by atoms with Gasteiger partial charge in [-0.05, 0) is 18.2 Å². The predicted octanol–water partition coefficient (Wildman–Crippen LogP) is 1.77. The molecule has 3 aliphatic heterocycles. The minimum Gasteiger partial charge on any atom is -0.442 e. The number of aromatic nitrogens is 1. The molecule has 3 saturated heterocycles. The molecule has 10 heteroatoms. The summed E-state index contributed by atoms with van der Waals surface area (Å²) in [7, 11) is 0. The van der Waals surface area contributed by atoms with Crippen LogP contribution in [0.4, 0.5) is 26.4 Å². The molecular weight excluding hydrogens is 393 g/mol. The molecule has 3 fully saturated rings. The van der Waals surface area contributed by atoms with Crippen molar-refractivity contribution in [1.82, 2.24) is 10.1 Å². The molecule has 1 atom stereocenters. The smallest absolute Gasteiger partial charge is 0.414 e. The first-order chi connectivity index (χ1) is 14.7. The first-order valence-electron chi connectivity index (χ1n) is 10.2. The lowest BCUT2D eigenvalue weighted by atomic mass is 10.1. The molecule has 0 unspecified atom stereocenters. The molecule has 30 heavy (non-hydrogen) atoms. The summed E-state index contributed by atoms with van der Waals surface area (Å²) in [5.74, 6) is 0.245. The number of nitrogens with one attached hydrogen (secondary N) is 1. The molecule has 1 N–H and O–H groups in total. The van der Waals surface area contributed by atoms with E-state index >= 15 is 0 Å². The van der Waals surface area contributed by atoms with Crippen molar-refractivity contribution in [3.05, 3.63) is 36.3 Å². The molecule has 5 rings (SSSR count). The summed E-state index contributed by atoms with van der Waals surface area (Å²) in [4.78, 5) is 18.2. The summed E-state index contributed by atoms with van der Waals surface area (Å²) in [6.07, 6.45) is 0.618. The van der Waals surface area contributed by atoms with Gasteiger partial charge in [0.1, 0.15) is 18.2 Å². The predicted molar refractivity (Wildman–Crippen MR) is 107 cm³/mol. The van der Waals surface area contributed by atoms with Crippen LogP contribution in [0, 0.1) is 5.82 Å². The third-order valence-corrected chi connectivity index (χ3v) is 5.86. The first-order valence-corrected chi connectivity index (χ1v) is 10.2. The molecule has 0 aliphatic carbocycles. The van der Waals surface area contributed by atoms with Crippen LogP contribution in [-0.2, 0) is 9.47 Å². The second-order valence-corrected chi connectivity index (χ2v) is 7.73. The molecule has 9 nitrogen and oxygen atoms in total. The average molecular weight is 417 g/mol. The first kappa shape index (κ1) is 19.1. The van der Waals surface area contributed by atoms with Crippen LogP contribution < -0.4 is 15.1 Å². The highest BCUT2D eigenvalue weighted by atomic mass is 19.1. The van der Waals surface area contributed by atoms with Crippen molar-refractivity contribution >= 4 is 23.3 Å². The molecular formula is C20H24FN5O4. The summed E-state index contributed by atoms with van der Waals surface area (Å²) in [6.45, 7) is 5.66. The molecule has 1 amide bonds. The van der Waals surface area contributed by atoms with Crippen LogP contribution in [0.1, 0.15) is 0 Å². The van der Waals surface area contributed by atoms with E-state index in [4.69, 9.17) is 14.0 Å². The normalized spacial score (nSPS) is 22.8. The molecule has 160 valence electrons. The number of ether oxygens (including phenoxy) is 2. The highest BCUT2D eigenvalue weighted by Crippen LogP contribution is 2.29. The Hall–Kier alpha value is -2.85. The Labute approximate surface area is 173 Å². The minimum absolute atomic E-state index is 0.329. The van der Waals surface area contributed by atoms with E-state index < -0.39 is 6.09 Å². The topological polar surface area (TPSA) is 83.3 Å². The van der Waals surface area contributed by atoms with Crippen LogP contribution in [-0.4, -0.2) is 80.8 Å². The fourth-order valence-corrected chi connectivity index (χ4v) is 4.04. The minimum atomic E-state index is -0.481. The maximum absolute atomic E-state index is 14.9. The van der Waals surface area contributed by atoms with Gasteiger partial charge in [0.15, 0.2) is 5.82 Å². The van der Waals surface area contributed by atoms with Gasteiger partial charge in [0, 0.05) is 32.2 Å². The Morgan fingerprint density at radius 2 is 2.00 bits per heavy atom. The number of anilines is 3. The van der Waals surface area contributed by atoms with Crippen molar-refractivity contribution in [1.29, 1.82) is 0 Å². The van der Waals surface area contributed by atoms with Gasteiger partial charge in [-0.1, -0.05) is 5.16 Å². The molecule has 4 heterocycles. The second-order valence-electron chi connectivity index (χ2n) is 7.73. The largest absolute Gasteiger partial charge is 0.442 e. The van der Waals surface area contributed by atoms with E-state index in [-0.39, 0.29) is 11.9 Å². The van der Waals surface area contributed by atoms with Gasteiger partial charge in [-0.25, -0.2) is 9.18 Å². The summed E-state index contributed by atoms with van der Waals surface area (Å²) in [6, 6.07) is 7.13. The lowest BCUT2D eigenvalue weighted by Crippen LogP contribution is -2.56. The van der Waals surface area contributed by atoms with E-state index in [1.807, 2.05) is 0 Å². The number of piperazine rings is 1. The van der Waals surface area contributed by atoms with Crippen LogP contribution in [0.2, 0.25) is 0 Å². The fourth-order valence-electron chi connectivity index (χ4n) is 4.04. The van der Waals surface area contributed by atoms with E-state index in [9.17, 15) is 9.18 Å². The van der Waals surface area contributed by atoms with Gasteiger partial charge in [-0.2, -0.15) is 0 Å². The van der Waals surface area contributed by atoms with E-state index in [1.165, 1.54) is 17.2 Å². The number of halogens is 1. The molecule has 0 radical (unpaired) electrons. The molecule has 3 aliphatic rings. The number of cyclic esters (lactones) is 1. The van der Waals surface area contributed by atoms with Crippen molar-refractivity contribution < 1.29 is 23.2 Å². The zero-order chi connectivity index (χ0) is 20.5. The zero-order valence-corrected chi connectivity index (χ0v) is 16.5. The van der Waals surface area contributed by atoms with Crippen LogP contribution in [0.25, 0.3) is 0 Å². The Morgan fingerprint density at radius 3 is 2.67 bits per heavy atom. The zero-order valence-electron chi connectivity index (χ0n) is 16.5. The summed E-state index contributed by atoms with van der Waals surface area (Å²) >= 11 is 0. The number of benzene rings is 1. The number of nitrogens with zero attached hydrogens (tertiary/aromatic N) is 4. The fraction of sp³-hybridized carbons (Fsp3) is 0.500. The van der Waals surface area contributed by atoms with E-state index in [0.717, 1.165) is 39.4 Å². The standard InChI is InChI=1S/C20H24FN5O4/c21-17-9-14(26-11-16(30-20(26)27)10-22-19-3-8-29-23-19)1-2-18(17)25-6-4-24(5-7-25)15-12-28-13-15/h1-3,8-9,15-16H,4-7,10-13H2,(H,22,23)/t16-/m1/s1. The van der Waals surface area contributed by atoms with Crippen molar-refractivity contribution in [2.24, 2.45) is 0 Å². The maximum atomic E-state index is 14.9. The molecule has 0 saturated carbocycles. The van der Waals surface area contributed by atoms with Gasteiger partial charge in [0.2, 0.25) is 0 Å². The van der Waals surface area contributed by atoms with Crippen molar-refractivity contribution in [2.45, 2.75) is 12.1 Å². The van der Waals surface area contributed by atoms with Gasteiger partial charge >= 0.3 is 6.09 Å². The van der Waals surface area contributed by atoms with Crippen LogP contribution >= 0.6 is 0 Å². The molecule has 2 aromatic rings. The number of carbonyl (C=O) groups excluding carboxylic acids is 1. The van der Waals surface area contributed by atoms with Gasteiger partial charge in [-0.15, -0.1) is 0 Å². The average Bonchev–Trinajstić information content (AvgIpc) is 3.35. The Kier molecular flexibility index (Phi) is 5.17. The number of hydrogen-bond donors (Lipinski definition) is 1. The summed E-state index contributed by atoms with van der Waals surface area (Å²) in [5, 5.41) is 6.80. The molecule has 1 aromatic carbocycles. The number of hydrogen-bond acceptors (Lipinski definition) is 8. The molecule has 1 aromatic heterocycles. The third kappa shape index (κ3) is 3.80. The SMILES string of the molecule is O=C1O[C@H](CNc2ccon2)CN1c1ccc(N2CCN(C3COC3)CC2)c(F)c1. The molecule has 0 bridgehead atoms. The van der Waals surface area contributed by atoms with Gasteiger partial charge < -0.3 is 24.2 Å². The Bertz CT molecular complexity index is 883. The van der Waals surface area contributed by atoms with Crippen LogP contribution in [0.3, 0.4) is 0 Å². The van der Waals surface area contributed by atoms with Gasteiger partial charge in [-0.3, -0.25) is 9.80 Å². The second kappa shape index (κ2) is 8.11. The van der Waals surface area contributed by atoms with E-state index in [1.54, 1.807) is 18.2 Å². The van der Waals surface area contributed by atoms with Gasteiger partial charge in [0.25, 0.3) is 0 Å². The highest BCUT2D eigenvalue weighted by molar-refractivity contribution is 5.90. The van der Waals surface area contributed by atoms with E-state index in [2.05, 4.69) is 20.3 Å². The van der Waals surface area contributed by atoms with Crippen molar-refractivity contribution in [3.63, 3.8) is 0 Å². The molecule has 0 spiro atoms. The highest BCUT2D eigenvalue weighted by Gasteiger charge is 2.33. The monoisotopic (exact) mass is 417 g/mol. The lowest BCUT2D eigenvalue weighted by Gasteiger charge is -2.43. The Balaban J connectivity index is 1.19. The number of carbonyl (C=O) groups is 1. The third-order valence-electron chi connectivity index (χ3n) is 5.86. The van der Waals surface area contributed by atoms with Gasteiger partial charge in [0.05, 0.1) is 43.7 Å². The van der Waals surface area contributed by atoms with E-state index in [0.29, 0.717) is 36.3 Å². The van der Waals surface area contributed by atoms with Crippen molar-refractivity contribution in [3.8, 4) is 0 Å². The lowest BCUT2D eigenvalue weighted by molar-refractivity contribution is -0.0660. The number of amides is 1. The van der Waals surface area contributed by atoms with Crippen LogP contribution in [0.15, 0.2) is 35.1 Å².